The van der Waals surface area contributed by atoms with Gasteiger partial charge < -0.3 is 14.6 Å². The van der Waals surface area contributed by atoms with Crippen LogP contribution in [0.25, 0.3) is 0 Å². The van der Waals surface area contributed by atoms with Crippen LogP contribution in [0.2, 0.25) is 0 Å². The lowest BCUT2D eigenvalue weighted by atomic mass is 9.74. The molecule has 1 amide bonds. The molecule has 1 saturated heterocycles. The van der Waals surface area contributed by atoms with Gasteiger partial charge in [0.1, 0.15) is 5.82 Å². The predicted molar refractivity (Wildman–Crippen MR) is 93.6 cm³/mol. The molecular weight excluding hydrogens is 335 g/mol. The van der Waals surface area contributed by atoms with Crippen molar-refractivity contribution in [3.63, 3.8) is 0 Å². The van der Waals surface area contributed by atoms with Crippen molar-refractivity contribution in [1.82, 2.24) is 10.5 Å². The number of benzene rings is 1. The molecule has 1 aromatic carbocycles. The summed E-state index contributed by atoms with van der Waals surface area (Å²) in [5.41, 5.74) is 2.43. The van der Waals surface area contributed by atoms with E-state index in [0.717, 1.165) is 55.3 Å². The number of aryl methyl sites for hydroxylation is 1. The molecule has 0 unspecified atom stereocenters. The minimum Gasteiger partial charge on any atom is -0.381 e. The molecule has 0 bridgehead atoms. The smallest absolute Gasteiger partial charge is 0.290 e. The number of fused-ring (bicyclic) bond motifs is 1. The summed E-state index contributed by atoms with van der Waals surface area (Å²) in [6.07, 6.45) is 5.33. The van der Waals surface area contributed by atoms with Crippen molar-refractivity contribution in [1.29, 1.82) is 0 Å². The van der Waals surface area contributed by atoms with E-state index in [9.17, 15) is 9.18 Å². The Balaban J connectivity index is 1.53. The molecule has 2 heterocycles. The molecule has 0 radical (unpaired) electrons. The summed E-state index contributed by atoms with van der Waals surface area (Å²) >= 11 is 0. The molecule has 0 atom stereocenters. The van der Waals surface area contributed by atoms with Crippen LogP contribution in [0.3, 0.4) is 0 Å². The van der Waals surface area contributed by atoms with Crippen molar-refractivity contribution in [2.24, 2.45) is 0 Å². The Kier molecular flexibility index (Phi) is 4.76. The second-order valence-corrected chi connectivity index (χ2v) is 7.23. The fraction of sp³-hybridized carbons (Fsp3) is 0.500. The lowest BCUT2D eigenvalue weighted by Crippen LogP contribution is -2.44. The Morgan fingerprint density at radius 3 is 2.85 bits per heavy atom. The van der Waals surface area contributed by atoms with Gasteiger partial charge in [-0.05, 0) is 56.2 Å². The van der Waals surface area contributed by atoms with E-state index in [-0.39, 0.29) is 17.1 Å². The van der Waals surface area contributed by atoms with Gasteiger partial charge in [-0.2, -0.15) is 0 Å². The summed E-state index contributed by atoms with van der Waals surface area (Å²) in [5.74, 6) is -0.159. The molecule has 2 aliphatic rings. The molecule has 4 rings (SSSR count). The van der Waals surface area contributed by atoms with Gasteiger partial charge in [0.05, 0.1) is 5.69 Å². The van der Waals surface area contributed by atoms with Crippen LogP contribution in [-0.2, 0) is 23.0 Å². The highest BCUT2D eigenvalue weighted by Crippen LogP contribution is 2.35. The molecule has 1 aliphatic carbocycles. The topological polar surface area (TPSA) is 64.4 Å². The van der Waals surface area contributed by atoms with Gasteiger partial charge in [-0.15, -0.1) is 0 Å². The van der Waals surface area contributed by atoms with Crippen LogP contribution in [0.1, 0.15) is 53.1 Å². The quantitative estimate of drug-likeness (QED) is 0.912. The Hall–Kier alpha value is -2.21. The number of ether oxygens (including phenoxy) is 1. The summed E-state index contributed by atoms with van der Waals surface area (Å²) in [6.45, 7) is 1.63. The maximum absolute atomic E-state index is 13.8. The fourth-order valence-corrected chi connectivity index (χ4v) is 4.05. The monoisotopic (exact) mass is 358 g/mol. The number of halogens is 1. The van der Waals surface area contributed by atoms with E-state index in [1.54, 1.807) is 12.1 Å². The Morgan fingerprint density at radius 1 is 1.23 bits per heavy atom. The average molecular weight is 358 g/mol. The first-order valence-corrected chi connectivity index (χ1v) is 9.27. The zero-order valence-electron chi connectivity index (χ0n) is 14.7. The molecule has 1 aliphatic heterocycles. The summed E-state index contributed by atoms with van der Waals surface area (Å²) < 4.78 is 24.6. The zero-order chi connectivity index (χ0) is 18.0. The summed E-state index contributed by atoms with van der Waals surface area (Å²) in [5, 5.41) is 7.07. The Labute approximate surface area is 151 Å². The number of amides is 1. The van der Waals surface area contributed by atoms with Gasteiger partial charge in [-0.3, -0.25) is 4.79 Å². The summed E-state index contributed by atoms with van der Waals surface area (Å²) in [4.78, 5) is 12.7. The van der Waals surface area contributed by atoms with Gasteiger partial charge >= 0.3 is 0 Å². The van der Waals surface area contributed by atoms with E-state index in [0.29, 0.717) is 25.5 Å². The van der Waals surface area contributed by atoms with Crippen molar-refractivity contribution in [2.75, 3.05) is 19.8 Å². The van der Waals surface area contributed by atoms with Crippen LogP contribution in [0.15, 0.2) is 28.8 Å². The van der Waals surface area contributed by atoms with Crippen molar-refractivity contribution in [3.05, 3.63) is 52.7 Å². The third kappa shape index (κ3) is 3.26. The lowest BCUT2D eigenvalue weighted by Gasteiger charge is -2.37. The van der Waals surface area contributed by atoms with E-state index in [1.165, 1.54) is 6.07 Å². The molecule has 26 heavy (non-hydrogen) atoms. The van der Waals surface area contributed by atoms with Crippen molar-refractivity contribution in [3.8, 4) is 0 Å². The highest BCUT2D eigenvalue weighted by molar-refractivity contribution is 5.93. The second kappa shape index (κ2) is 7.19. The highest BCUT2D eigenvalue weighted by atomic mass is 19.1. The molecule has 1 N–H and O–H groups in total. The maximum atomic E-state index is 13.8. The maximum Gasteiger partial charge on any atom is 0.290 e. The molecule has 1 fully saturated rings. The number of nitrogens with zero attached hydrogens (tertiary/aromatic N) is 1. The molecule has 138 valence electrons. The molecule has 5 nitrogen and oxygen atoms in total. The number of rotatable bonds is 4. The predicted octanol–water partition coefficient (Wildman–Crippen LogP) is 3.17. The second-order valence-electron chi connectivity index (χ2n) is 7.23. The van der Waals surface area contributed by atoms with Crippen LogP contribution in [0, 0.1) is 5.82 Å². The first-order valence-electron chi connectivity index (χ1n) is 9.27. The van der Waals surface area contributed by atoms with Crippen LogP contribution in [0.4, 0.5) is 4.39 Å². The minimum absolute atomic E-state index is 0.233. The standard InChI is InChI=1S/C20H23FN2O3/c21-15-5-3-4-14(12-15)20(8-10-25-11-9-20)13-22-19(24)18-16-6-1-2-7-17(16)23-26-18/h3-5,12H,1-2,6-11,13H2,(H,22,24). The molecule has 0 saturated carbocycles. The van der Waals surface area contributed by atoms with Gasteiger partial charge in [0.2, 0.25) is 5.76 Å². The fourth-order valence-electron chi connectivity index (χ4n) is 4.05. The van der Waals surface area contributed by atoms with Crippen LogP contribution >= 0.6 is 0 Å². The van der Waals surface area contributed by atoms with Crippen LogP contribution in [-0.4, -0.2) is 30.8 Å². The Morgan fingerprint density at radius 2 is 2.04 bits per heavy atom. The summed E-state index contributed by atoms with van der Waals surface area (Å²) in [7, 11) is 0. The molecular formula is C20H23FN2O3. The van der Waals surface area contributed by atoms with Crippen LogP contribution < -0.4 is 5.32 Å². The normalized spacial score (nSPS) is 19.0. The molecule has 6 heteroatoms. The number of aromatic nitrogens is 1. The lowest BCUT2D eigenvalue weighted by molar-refractivity contribution is 0.0482. The van der Waals surface area contributed by atoms with Gasteiger partial charge in [0.25, 0.3) is 5.91 Å². The first-order chi connectivity index (χ1) is 12.7. The van der Waals surface area contributed by atoms with E-state index >= 15 is 0 Å². The number of hydrogen-bond donors (Lipinski definition) is 1. The SMILES string of the molecule is O=C(NCC1(c2cccc(F)c2)CCOCC1)c1onc2c1CCCC2. The highest BCUT2D eigenvalue weighted by Gasteiger charge is 2.36. The van der Waals surface area contributed by atoms with Crippen molar-refractivity contribution in [2.45, 2.75) is 43.9 Å². The molecule has 0 spiro atoms. The third-order valence-corrected chi connectivity index (χ3v) is 5.64. The average Bonchev–Trinajstić information content (AvgIpc) is 3.11. The number of carbonyl (C=O) groups excluding carboxylic acids is 1. The third-order valence-electron chi connectivity index (χ3n) is 5.64. The molecule has 1 aromatic heterocycles. The van der Waals surface area contributed by atoms with E-state index in [4.69, 9.17) is 9.26 Å². The van der Waals surface area contributed by atoms with Gasteiger partial charge in [-0.1, -0.05) is 17.3 Å². The van der Waals surface area contributed by atoms with Crippen LogP contribution in [0.5, 0.6) is 0 Å². The van der Waals surface area contributed by atoms with Gasteiger partial charge in [0, 0.05) is 30.7 Å². The Bertz CT molecular complexity index is 796. The van der Waals surface area contributed by atoms with Gasteiger partial charge in [-0.25, -0.2) is 4.39 Å². The van der Waals surface area contributed by atoms with Crippen molar-refractivity contribution < 1.29 is 18.4 Å². The zero-order valence-corrected chi connectivity index (χ0v) is 14.7. The largest absolute Gasteiger partial charge is 0.381 e. The van der Waals surface area contributed by atoms with E-state index < -0.39 is 0 Å². The van der Waals surface area contributed by atoms with Crippen molar-refractivity contribution >= 4 is 5.91 Å². The number of nitrogens with one attached hydrogen (secondary N) is 1. The number of carbonyl (C=O) groups is 1. The summed E-state index contributed by atoms with van der Waals surface area (Å²) in [6, 6.07) is 6.65. The van der Waals surface area contributed by atoms with Gasteiger partial charge in [0.15, 0.2) is 0 Å². The van der Waals surface area contributed by atoms with E-state index in [1.807, 2.05) is 6.07 Å². The first kappa shape index (κ1) is 17.2. The number of hydrogen-bond acceptors (Lipinski definition) is 4. The molecule has 2 aromatic rings. The minimum atomic E-state index is -0.323. The van der Waals surface area contributed by atoms with E-state index in [2.05, 4.69) is 10.5 Å².